The molecule has 4 rings (SSSR count). The number of nitrogens with zero attached hydrogens (tertiary/aromatic N) is 3. The van der Waals surface area contributed by atoms with Crippen molar-refractivity contribution in [3.8, 4) is 0 Å². The van der Waals surface area contributed by atoms with Crippen molar-refractivity contribution in [2.24, 2.45) is 0 Å². The lowest BCUT2D eigenvalue weighted by Crippen LogP contribution is -2.22. The first-order valence-corrected chi connectivity index (χ1v) is 8.14. The quantitative estimate of drug-likeness (QED) is 0.731. The first-order chi connectivity index (χ1) is 11.2. The molecule has 23 heavy (non-hydrogen) atoms. The van der Waals surface area contributed by atoms with Crippen LogP contribution in [0.3, 0.4) is 0 Å². The number of hydrogen-bond donors (Lipinski definition) is 0. The van der Waals surface area contributed by atoms with Crippen LogP contribution < -0.4 is 5.56 Å². The molecule has 4 heteroatoms. The number of aromatic nitrogens is 3. The predicted molar refractivity (Wildman–Crippen MR) is 90.7 cm³/mol. The Kier molecular flexibility index (Phi) is 3.45. The van der Waals surface area contributed by atoms with Gasteiger partial charge in [0.05, 0.1) is 11.9 Å². The summed E-state index contributed by atoms with van der Waals surface area (Å²) in [6.45, 7) is 2.60. The van der Waals surface area contributed by atoms with Crippen LogP contribution in [0.2, 0.25) is 0 Å². The van der Waals surface area contributed by atoms with Gasteiger partial charge in [-0.25, -0.2) is 9.97 Å². The van der Waals surface area contributed by atoms with Gasteiger partial charge in [-0.2, -0.15) is 0 Å². The molecule has 2 aromatic heterocycles. The average molecular weight is 305 g/mol. The molecule has 0 unspecified atom stereocenters. The van der Waals surface area contributed by atoms with Gasteiger partial charge in [-0.15, -0.1) is 0 Å². The fraction of sp³-hybridized carbons (Fsp3) is 0.316. The van der Waals surface area contributed by atoms with Crippen LogP contribution in [0.5, 0.6) is 0 Å². The third-order valence-corrected chi connectivity index (χ3v) is 4.56. The molecule has 0 spiro atoms. The summed E-state index contributed by atoms with van der Waals surface area (Å²) in [5, 5.41) is 0.639. The summed E-state index contributed by atoms with van der Waals surface area (Å²) >= 11 is 0. The highest BCUT2D eigenvalue weighted by Crippen LogP contribution is 2.21. The molecule has 1 aliphatic rings. The van der Waals surface area contributed by atoms with Gasteiger partial charge in [-0.3, -0.25) is 9.36 Å². The summed E-state index contributed by atoms with van der Waals surface area (Å²) in [5.74, 6) is 0. The minimum atomic E-state index is -0.00329. The maximum atomic E-state index is 12.8. The fourth-order valence-corrected chi connectivity index (χ4v) is 3.21. The third kappa shape index (κ3) is 2.65. The summed E-state index contributed by atoms with van der Waals surface area (Å²) in [6.07, 6.45) is 5.99. The maximum Gasteiger partial charge on any atom is 0.263 e. The Balaban J connectivity index is 1.78. The van der Waals surface area contributed by atoms with E-state index >= 15 is 0 Å². The van der Waals surface area contributed by atoms with Crippen LogP contribution in [0.1, 0.15) is 35.2 Å². The van der Waals surface area contributed by atoms with Gasteiger partial charge in [0.2, 0.25) is 0 Å². The molecular weight excluding hydrogens is 286 g/mol. The van der Waals surface area contributed by atoms with Crippen molar-refractivity contribution in [2.45, 2.75) is 39.2 Å². The Bertz CT molecular complexity index is 926. The largest absolute Gasteiger partial charge is 0.294 e. The van der Waals surface area contributed by atoms with E-state index in [0.29, 0.717) is 17.6 Å². The van der Waals surface area contributed by atoms with Crippen LogP contribution in [-0.2, 0) is 19.4 Å². The molecule has 0 fully saturated rings. The Hall–Kier alpha value is -2.49. The van der Waals surface area contributed by atoms with E-state index in [0.717, 1.165) is 24.1 Å². The minimum Gasteiger partial charge on any atom is -0.294 e. The number of fused-ring (bicyclic) bond motifs is 2. The Morgan fingerprint density at radius 3 is 2.74 bits per heavy atom. The molecule has 0 bridgehead atoms. The van der Waals surface area contributed by atoms with Gasteiger partial charge in [0, 0.05) is 5.69 Å². The van der Waals surface area contributed by atoms with Crippen LogP contribution in [0.15, 0.2) is 41.5 Å². The van der Waals surface area contributed by atoms with Gasteiger partial charge in [0.1, 0.15) is 6.33 Å². The van der Waals surface area contributed by atoms with Crippen LogP contribution in [0.4, 0.5) is 0 Å². The molecule has 0 saturated carbocycles. The van der Waals surface area contributed by atoms with Gasteiger partial charge >= 0.3 is 0 Å². The number of rotatable bonds is 2. The Morgan fingerprint density at radius 2 is 1.91 bits per heavy atom. The summed E-state index contributed by atoms with van der Waals surface area (Å²) in [4.78, 5) is 21.8. The molecule has 0 N–H and O–H groups in total. The number of aryl methyl sites for hydroxylation is 3. The lowest BCUT2D eigenvalue weighted by atomic mass is 9.95. The summed E-state index contributed by atoms with van der Waals surface area (Å²) in [7, 11) is 0. The van der Waals surface area contributed by atoms with E-state index in [1.54, 1.807) is 10.9 Å². The molecule has 2 heterocycles. The van der Waals surface area contributed by atoms with Gasteiger partial charge in [0.25, 0.3) is 5.56 Å². The van der Waals surface area contributed by atoms with E-state index in [9.17, 15) is 4.79 Å². The normalized spacial score (nSPS) is 14.0. The first kappa shape index (κ1) is 14.1. The van der Waals surface area contributed by atoms with E-state index in [1.165, 1.54) is 24.0 Å². The second kappa shape index (κ2) is 5.61. The summed E-state index contributed by atoms with van der Waals surface area (Å²) in [5.41, 5.74) is 5.23. The number of benzene rings is 1. The van der Waals surface area contributed by atoms with E-state index < -0.39 is 0 Å². The van der Waals surface area contributed by atoms with E-state index in [-0.39, 0.29) is 5.56 Å². The van der Waals surface area contributed by atoms with E-state index in [2.05, 4.69) is 41.2 Å². The predicted octanol–water partition coefficient (Wildman–Crippen LogP) is 3.03. The summed E-state index contributed by atoms with van der Waals surface area (Å²) in [6, 6.07) is 10.2. The maximum absolute atomic E-state index is 12.8. The van der Waals surface area contributed by atoms with Gasteiger partial charge < -0.3 is 0 Å². The highest BCUT2D eigenvalue weighted by Gasteiger charge is 2.14. The molecule has 0 amide bonds. The molecule has 0 atom stereocenters. The number of hydrogen-bond acceptors (Lipinski definition) is 3. The lowest BCUT2D eigenvalue weighted by molar-refractivity contribution is 0.669. The number of pyridine rings is 1. The van der Waals surface area contributed by atoms with Gasteiger partial charge in [0.15, 0.2) is 5.65 Å². The molecule has 0 saturated heterocycles. The zero-order chi connectivity index (χ0) is 15.8. The Labute approximate surface area is 134 Å². The van der Waals surface area contributed by atoms with Crippen molar-refractivity contribution in [1.29, 1.82) is 0 Å². The van der Waals surface area contributed by atoms with Crippen molar-refractivity contribution in [3.05, 3.63) is 69.4 Å². The highest BCUT2D eigenvalue weighted by molar-refractivity contribution is 5.74. The second-order valence-electron chi connectivity index (χ2n) is 6.34. The standard InChI is InChI=1S/C19H19N3O/c1-13-6-8-14(9-7-13)11-22-12-20-18-16(19(22)23)10-15-4-2-3-5-17(15)21-18/h6-10,12H,2-5,11H2,1H3. The zero-order valence-electron chi connectivity index (χ0n) is 13.2. The molecule has 3 aromatic rings. The minimum absolute atomic E-state index is 0.00329. The van der Waals surface area contributed by atoms with E-state index in [4.69, 9.17) is 0 Å². The van der Waals surface area contributed by atoms with Crippen LogP contribution in [0, 0.1) is 6.92 Å². The molecular formula is C19H19N3O. The van der Waals surface area contributed by atoms with Crippen molar-refractivity contribution >= 4 is 11.0 Å². The van der Waals surface area contributed by atoms with Crippen LogP contribution in [-0.4, -0.2) is 14.5 Å². The molecule has 1 aromatic carbocycles. The van der Waals surface area contributed by atoms with Crippen molar-refractivity contribution in [1.82, 2.24) is 14.5 Å². The molecule has 1 aliphatic carbocycles. The second-order valence-corrected chi connectivity index (χ2v) is 6.34. The SMILES string of the molecule is Cc1ccc(Cn2cnc3nc4c(cc3c2=O)CCCC4)cc1. The molecule has 116 valence electrons. The third-order valence-electron chi connectivity index (χ3n) is 4.56. The van der Waals surface area contributed by atoms with Gasteiger partial charge in [-0.05, 0) is 49.8 Å². The monoisotopic (exact) mass is 305 g/mol. The molecule has 4 nitrogen and oxygen atoms in total. The van der Waals surface area contributed by atoms with Gasteiger partial charge in [-0.1, -0.05) is 29.8 Å². The van der Waals surface area contributed by atoms with Crippen LogP contribution >= 0.6 is 0 Å². The fourth-order valence-electron chi connectivity index (χ4n) is 3.21. The molecule has 0 aliphatic heterocycles. The van der Waals surface area contributed by atoms with Crippen molar-refractivity contribution < 1.29 is 0 Å². The molecule has 0 radical (unpaired) electrons. The highest BCUT2D eigenvalue weighted by atomic mass is 16.1. The smallest absolute Gasteiger partial charge is 0.263 e. The van der Waals surface area contributed by atoms with Crippen molar-refractivity contribution in [3.63, 3.8) is 0 Å². The Morgan fingerprint density at radius 1 is 1.13 bits per heavy atom. The first-order valence-electron chi connectivity index (χ1n) is 8.14. The average Bonchev–Trinajstić information content (AvgIpc) is 2.58. The zero-order valence-corrected chi connectivity index (χ0v) is 13.2. The van der Waals surface area contributed by atoms with E-state index in [1.807, 2.05) is 6.07 Å². The van der Waals surface area contributed by atoms with Crippen LogP contribution in [0.25, 0.3) is 11.0 Å². The lowest BCUT2D eigenvalue weighted by Gasteiger charge is -2.15. The van der Waals surface area contributed by atoms with Crippen molar-refractivity contribution in [2.75, 3.05) is 0 Å². The topological polar surface area (TPSA) is 47.8 Å². The summed E-state index contributed by atoms with van der Waals surface area (Å²) < 4.78 is 1.67.